The van der Waals surface area contributed by atoms with E-state index in [-0.39, 0.29) is 11.4 Å². The minimum atomic E-state index is -0.558. The Kier molecular flexibility index (Phi) is 6.82. The number of halogens is 2. The quantitative estimate of drug-likeness (QED) is 0.361. The summed E-state index contributed by atoms with van der Waals surface area (Å²) < 4.78 is 8.53. The fourth-order valence-corrected chi connectivity index (χ4v) is 4.20. The van der Waals surface area contributed by atoms with Crippen molar-refractivity contribution < 1.29 is 9.53 Å². The first-order chi connectivity index (χ1) is 15.5. The van der Waals surface area contributed by atoms with E-state index in [1.807, 2.05) is 55.5 Å². The molecular formula is C24H23Cl2N3O3. The van der Waals surface area contributed by atoms with Gasteiger partial charge in [-0.15, -0.1) is 0 Å². The standard InChI is InChI=1S/C24H23Cl2N3O3/c1-2-3-14-32-22-21-24(31)29(26)13-12-28(21)20(27-23(22)30)15-16-8-4-5-9-17(16)18-10-6-7-11-19(18)25/h4-11H,2-3,12-15H2,1H3. The lowest BCUT2D eigenvalue weighted by molar-refractivity contribution is 0.0814. The van der Waals surface area contributed by atoms with Crippen LogP contribution in [0.25, 0.3) is 11.1 Å². The van der Waals surface area contributed by atoms with E-state index in [0.717, 1.165) is 34.0 Å². The number of nitrogens with zero attached hydrogens (tertiary/aromatic N) is 3. The number of ether oxygens (including phenoxy) is 1. The number of unbranched alkanes of at least 4 members (excludes halogenated alkanes) is 1. The first-order valence-corrected chi connectivity index (χ1v) is 11.3. The van der Waals surface area contributed by atoms with Crippen molar-refractivity contribution in [2.24, 2.45) is 0 Å². The van der Waals surface area contributed by atoms with Gasteiger partial charge in [0.1, 0.15) is 5.82 Å². The van der Waals surface area contributed by atoms with Crippen LogP contribution in [0.4, 0.5) is 0 Å². The molecule has 1 aromatic heterocycles. The summed E-state index contributed by atoms with van der Waals surface area (Å²) in [5.41, 5.74) is 2.40. The van der Waals surface area contributed by atoms with Crippen molar-refractivity contribution in [1.29, 1.82) is 0 Å². The van der Waals surface area contributed by atoms with Crippen molar-refractivity contribution in [2.45, 2.75) is 32.7 Å². The summed E-state index contributed by atoms with van der Waals surface area (Å²) in [7, 11) is 0. The maximum Gasteiger partial charge on any atom is 0.316 e. The second-order valence-corrected chi connectivity index (χ2v) is 8.38. The van der Waals surface area contributed by atoms with Gasteiger partial charge in [-0.1, -0.05) is 67.4 Å². The fourth-order valence-electron chi connectivity index (χ4n) is 3.81. The molecule has 0 N–H and O–H groups in total. The molecule has 0 atom stereocenters. The maximum absolute atomic E-state index is 12.9. The smallest absolute Gasteiger partial charge is 0.316 e. The highest BCUT2D eigenvalue weighted by molar-refractivity contribution is 6.33. The number of aromatic nitrogens is 2. The topological polar surface area (TPSA) is 64.4 Å². The lowest BCUT2D eigenvalue weighted by Crippen LogP contribution is -2.39. The molecule has 8 heteroatoms. The molecule has 0 saturated heterocycles. The average molecular weight is 472 g/mol. The number of fused-ring (bicyclic) bond motifs is 1. The molecule has 3 aromatic rings. The van der Waals surface area contributed by atoms with E-state index in [1.54, 1.807) is 4.57 Å². The minimum Gasteiger partial charge on any atom is -0.486 e. The first kappa shape index (κ1) is 22.4. The molecule has 0 aliphatic carbocycles. The van der Waals surface area contributed by atoms with Gasteiger partial charge in [-0.3, -0.25) is 9.59 Å². The molecule has 1 aliphatic heterocycles. The van der Waals surface area contributed by atoms with Crippen molar-refractivity contribution in [3.8, 4) is 16.9 Å². The summed E-state index contributed by atoms with van der Waals surface area (Å²) in [4.78, 5) is 30.1. The van der Waals surface area contributed by atoms with E-state index >= 15 is 0 Å². The molecule has 166 valence electrons. The van der Waals surface area contributed by atoms with Gasteiger partial charge in [-0.2, -0.15) is 4.98 Å². The Labute approximate surface area is 196 Å². The van der Waals surface area contributed by atoms with Crippen LogP contribution in [-0.4, -0.2) is 33.0 Å². The molecule has 1 aliphatic rings. The molecule has 1 amide bonds. The van der Waals surface area contributed by atoms with Gasteiger partial charge in [0.05, 0.1) is 13.2 Å². The van der Waals surface area contributed by atoms with Gasteiger partial charge < -0.3 is 9.30 Å². The predicted octanol–water partition coefficient (Wildman–Crippen LogP) is 4.94. The van der Waals surface area contributed by atoms with E-state index in [1.165, 1.54) is 0 Å². The first-order valence-electron chi connectivity index (χ1n) is 10.6. The third kappa shape index (κ3) is 4.38. The van der Waals surface area contributed by atoms with Gasteiger partial charge in [0.25, 0.3) is 5.91 Å². The van der Waals surface area contributed by atoms with Crippen LogP contribution in [0, 0.1) is 0 Å². The van der Waals surface area contributed by atoms with Crippen LogP contribution in [0.1, 0.15) is 41.6 Å². The molecular weight excluding hydrogens is 449 g/mol. The summed E-state index contributed by atoms with van der Waals surface area (Å²) in [5.74, 6) is 0.00644. The van der Waals surface area contributed by atoms with Gasteiger partial charge in [0, 0.05) is 35.3 Å². The number of hydrogen-bond donors (Lipinski definition) is 0. The van der Waals surface area contributed by atoms with Crippen molar-refractivity contribution >= 4 is 29.3 Å². The zero-order valence-electron chi connectivity index (χ0n) is 17.7. The van der Waals surface area contributed by atoms with Crippen LogP contribution in [0.15, 0.2) is 53.3 Å². The number of carbonyl (C=O) groups is 1. The predicted molar refractivity (Wildman–Crippen MR) is 125 cm³/mol. The molecule has 0 spiro atoms. The van der Waals surface area contributed by atoms with Gasteiger partial charge in [0.15, 0.2) is 5.69 Å². The monoisotopic (exact) mass is 471 g/mol. The summed E-state index contributed by atoms with van der Waals surface area (Å²) >= 11 is 12.5. The van der Waals surface area contributed by atoms with Gasteiger partial charge in [0.2, 0.25) is 5.75 Å². The van der Waals surface area contributed by atoms with Crippen molar-refractivity contribution in [3.05, 3.63) is 81.0 Å². The zero-order valence-corrected chi connectivity index (χ0v) is 19.2. The fraction of sp³-hybridized carbons (Fsp3) is 0.292. The largest absolute Gasteiger partial charge is 0.486 e. The summed E-state index contributed by atoms with van der Waals surface area (Å²) in [6.45, 7) is 3.09. The molecule has 0 unspecified atom stereocenters. The molecule has 32 heavy (non-hydrogen) atoms. The van der Waals surface area contributed by atoms with Gasteiger partial charge in [-0.05, 0) is 23.6 Å². The SMILES string of the molecule is CCCCOc1c2n(c(Cc3ccccc3-c3ccccc3Cl)nc1=O)CCN(Cl)C2=O. The zero-order chi connectivity index (χ0) is 22.7. The normalized spacial score (nSPS) is 13.2. The van der Waals surface area contributed by atoms with Crippen LogP contribution in [0.2, 0.25) is 5.02 Å². The molecule has 0 saturated carbocycles. The van der Waals surface area contributed by atoms with Crippen molar-refractivity contribution in [3.63, 3.8) is 0 Å². The van der Waals surface area contributed by atoms with Crippen LogP contribution in [-0.2, 0) is 13.0 Å². The second kappa shape index (κ2) is 9.76. The highest BCUT2D eigenvalue weighted by Crippen LogP contribution is 2.32. The molecule has 0 fully saturated rings. The van der Waals surface area contributed by atoms with E-state index < -0.39 is 11.5 Å². The van der Waals surface area contributed by atoms with Crippen molar-refractivity contribution in [1.82, 2.24) is 14.0 Å². The molecule has 0 bridgehead atoms. The van der Waals surface area contributed by atoms with Crippen LogP contribution in [0.5, 0.6) is 5.75 Å². The van der Waals surface area contributed by atoms with Gasteiger partial charge in [-0.25, -0.2) is 4.42 Å². The Morgan fingerprint density at radius 1 is 1.03 bits per heavy atom. The molecule has 4 rings (SSSR count). The lowest BCUT2D eigenvalue weighted by Gasteiger charge is -2.27. The van der Waals surface area contributed by atoms with E-state index in [4.69, 9.17) is 28.1 Å². The summed E-state index contributed by atoms with van der Waals surface area (Å²) in [5, 5.41) is 0.639. The highest BCUT2D eigenvalue weighted by Gasteiger charge is 2.31. The van der Waals surface area contributed by atoms with E-state index in [2.05, 4.69) is 4.98 Å². The number of amides is 1. The Bertz CT molecular complexity index is 1210. The van der Waals surface area contributed by atoms with Crippen LogP contribution in [0.3, 0.4) is 0 Å². The molecule has 6 nitrogen and oxygen atoms in total. The van der Waals surface area contributed by atoms with Crippen molar-refractivity contribution in [2.75, 3.05) is 13.2 Å². The molecule has 2 heterocycles. The Morgan fingerprint density at radius 2 is 1.75 bits per heavy atom. The lowest BCUT2D eigenvalue weighted by atomic mass is 9.97. The van der Waals surface area contributed by atoms with Crippen LogP contribution >= 0.6 is 23.4 Å². The number of hydrogen-bond acceptors (Lipinski definition) is 4. The van der Waals surface area contributed by atoms with Crippen LogP contribution < -0.4 is 10.3 Å². The van der Waals surface area contributed by atoms with Gasteiger partial charge >= 0.3 is 5.56 Å². The number of carbonyl (C=O) groups excluding carboxylic acids is 1. The summed E-state index contributed by atoms with van der Waals surface area (Å²) in [6, 6.07) is 15.4. The second-order valence-electron chi connectivity index (χ2n) is 7.57. The average Bonchev–Trinajstić information content (AvgIpc) is 2.79. The Balaban J connectivity index is 1.80. The minimum absolute atomic E-state index is 0.0306. The Hall–Kier alpha value is -2.83. The molecule has 0 radical (unpaired) electrons. The highest BCUT2D eigenvalue weighted by atomic mass is 35.5. The van der Waals surface area contributed by atoms with E-state index in [9.17, 15) is 9.59 Å². The number of benzene rings is 2. The third-order valence-corrected chi connectivity index (χ3v) is 6.09. The maximum atomic E-state index is 12.9. The Morgan fingerprint density at radius 3 is 2.50 bits per heavy atom. The number of rotatable bonds is 7. The third-order valence-electron chi connectivity index (χ3n) is 5.44. The molecule has 2 aromatic carbocycles. The summed E-state index contributed by atoms with van der Waals surface area (Å²) in [6.07, 6.45) is 2.03. The van der Waals surface area contributed by atoms with E-state index in [0.29, 0.717) is 37.0 Å².